The monoisotopic (exact) mass is 436 g/mol. The van der Waals surface area contributed by atoms with Gasteiger partial charge in [0, 0.05) is 7.14 Å². The lowest BCUT2D eigenvalue weighted by atomic mass is 10.3. The van der Waals surface area contributed by atoms with Crippen molar-refractivity contribution < 1.29 is 0 Å². The summed E-state index contributed by atoms with van der Waals surface area (Å²) >= 11 is 4.61. The topological polar surface area (TPSA) is 24.1 Å². The van der Waals surface area contributed by atoms with E-state index in [-0.39, 0.29) is 0 Å². The Hall–Kier alpha value is -0.500. The average Bonchev–Trinajstić information content (AvgIpc) is 2.30. The zero-order valence-corrected chi connectivity index (χ0v) is 12.7. The van der Waals surface area contributed by atoms with Crippen molar-refractivity contribution in [3.05, 3.63) is 55.7 Å². The zero-order chi connectivity index (χ0) is 11.4. The molecule has 0 fully saturated rings. The minimum atomic E-state index is 1.09. The first-order valence-corrected chi connectivity index (χ1v) is 6.94. The Balaban J connectivity index is 2.09. The predicted octanol–water partition coefficient (Wildman–Crippen LogP) is 4.33. The molecule has 0 aliphatic carbocycles. The molecule has 0 amide bonds. The molecular weight excluding hydrogens is 426 g/mol. The second-order valence-electron chi connectivity index (χ2n) is 3.21. The van der Waals surface area contributed by atoms with Crippen molar-refractivity contribution in [2.45, 2.75) is 0 Å². The minimum absolute atomic E-state index is 1.09. The van der Waals surface area contributed by atoms with Crippen LogP contribution in [0.5, 0.6) is 0 Å². The van der Waals surface area contributed by atoms with E-state index in [9.17, 15) is 0 Å². The van der Waals surface area contributed by atoms with Crippen LogP contribution in [0.2, 0.25) is 0 Å². The maximum absolute atomic E-state index is 3.21. The third-order valence-corrected chi connectivity index (χ3v) is 3.96. The van der Waals surface area contributed by atoms with Gasteiger partial charge in [-0.3, -0.25) is 10.9 Å². The Bertz CT molecular complexity index is 440. The fourth-order valence-corrected chi connectivity index (χ4v) is 2.30. The van der Waals surface area contributed by atoms with Gasteiger partial charge in [-0.2, -0.15) is 0 Å². The molecule has 2 aromatic rings. The standard InChI is InChI=1S/C12H10I2N2/c13-9-5-1-3-7-11(9)15-16-12-8-4-2-6-10(12)14/h1-8,15-16H. The quantitative estimate of drug-likeness (QED) is 0.553. The number of halogens is 2. The number of rotatable bonds is 3. The number of para-hydroxylation sites is 2. The van der Waals surface area contributed by atoms with Gasteiger partial charge in [0.15, 0.2) is 0 Å². The van der Waals surface area contributed by atoms with Crippen molar-refractivity contribution in [3.8, 4) is 0 Å². The van der Waals surface area contributed by atoms with E-state index in [1.165, 1.54) is 7.14 Å². The Labute approximate surface area is 122 Å². The highest BCUT2D eigenvalue weighted by atomic mass is 127. The second-order valence-corrected chi connectivity index (χ2v) is 5.53. The normalized spacial score (nSPS) is 9.88. The lowest BCUT2D eigenvalue weighted by Gasteiger charge is -2.12. The highest BCUT2D eigenvalue weighted by Gasteiger charge is 1.99. The van der Waals surface area contributed by atoms with Crippen LogP contribution in [0.3, 0.4) is 0 Å². The maximum Gasteiger partial charge on any atom is 0.0673 e. The molecule has 0 heterocycles. The Kier molecular flexibility index (Phi) is 4.28. The SMILES string of the molecule is Ic1ccccc1NNc1ccccc1I. The van der Waals surface area contributed by atoms with Gasteiger partial charge < -0.3 is 0 Å². The van der Waals surface area contributed by atoms with Crippen LogP contribution in [0, 0.1) is 7.14 Å². The Morgan fingerprint density at radius 1 is 0.625 bits per heavy atom. The largest absolute Gasteiger partial charge is 0.300 e. The summed E-state index contributed by atoms with van der Waals surface area (Å²) in [5.41, 5.74) is 8.59. The molecule has 0 aromatic heterocycles. The van der Waals surface area contributed by atoms with Crippen molar-refractivity contribution >= 4 is 56.6 Å². The van der Waals surface area contributed by atoms with Gasteiger partial charge in [0.2, 0.25) is 0 Å². The van der Waals surface area contributed by atoms with Crippen LogP contribution in [-0.4, -0.2) is 0 Å². The van der Waals surface area contributed by atoms with E-state index in [0.717, 1.165) is 11.4 Å². The fraction of sp³-hybridized carbons (Fsp3) is 0. The van der Waals surface area contributed by atoms with Gasteiger partial charge in [-0.15, -0.1) is 0 Å². The van der Waals surface area contributed by atoms with E-state index in [1.54, 1.807) is 0 Å². The third kappa shape index (κ3) is 3.00. The van der Waals surface area contributed by atoms with Gasteiger partial charge >= 0.3 is 0 Å². The molecule has 0 saturated carbocycles. The van der Waals surface area contributed by atoms with Crippen LogP contribution in [-0.2, 0) is 0 Å². The highest BCUT2D eigenvalue weighted by Crippen LogP contribution is 2.20. The molecule has 16 heavy (non-hydrogen) atoms. The van der Waals surface area contributed by atoms with E-state index in [4.69, 9.17) is 0 Å². The molecule has 2 nitrogen and oxygen atoms in total. The molecule has 0 unspecified atom stereocenters. The van der Waals surface area contributed by atoms with Crippen molar-refractivity contribution in [2.75, 3.05) is 10.9 Å². The van der Waals surface area contributed by atoms with Gasteiger partial charge in [-0.05, 0) is 69.4 Å². The molecule has 0 bridgehead atoms. The van der Waals surface area contributed by atoms with Crippen LogP contribution in [0.4, 0.5) is 11.4 Å². The number of anilines is 2. The van der Waals surface area contributed by atoms with Crippen LogP contribution in [0.25, 0.3) is 0 Å². The first kappa shape index (κ1) is 12.0. The molecule has 2 rings (SSSR count). The summed E-state index contributed by atoms with van der Waals surface area (Å²) in [4.78, 5) is 0. The van der Waals surface area contributed by atoms with Gasteiger partial charge in [0.05, 0.1) is 11.4 Å². The van der Waals surface area contributed by atoms with Crippen molar-refractivity contribution in [1.82, 2.24) is 0 Å². The first-order valence-electron chi connectivity index (χ1n) is 4.78. The lowest BCUT2D eigenvalue weighted by Crippen LogP contribution is -2.10. The van der Waals surface area contributed by atoms with Gasteiger partial charge in [0.25, 0.3) is 0 Å². The van der Waals surface area contributed by atoms with E-state index in [1.807, 2.05) is 36.4 Å². The number of hydrogen-bond acceptors (Lipinski definition) is 2. The van der Waals surface area contributed by atoms with Crippen LogP contribution in [0.15, 0.2) is 48.5 Å². The van der Waals surface area contributed by atoms with Crippen LogP contribution >= 0.6 is 45.2 Å². The summed E-state index contributed by atoms with van der Waals surface area (Å²) < 4.78 is 2.39. The van der Waals surface area contributed by atoms with Gasteiger partial charge in [0.1, 0.15) is 0 Å². The maximum atomic E-state index is 3.21. The van der Waals surface area contributed by atoms with Crippen molar-refractivity contribution in [2.24, 2.45) is 0 Å². The van der Waals surface area contributed by atoms with Crippen molar-refractivity contribution in [3.63, 3.8) is 0 Å². The molecule has 0 spiro atoms. The number of benzene rings is 2. The fourth-order valence-electron chi connectivity index (χ4n) is 1.26. The Morgan fingerprint density at radius 3 is 1.38 bits per heavy atom. The molecular formula is C12H10I2N2. The molecule has 82 valence electrons. The molecule has 0 atom stereocenters. The molecule has 0 aliphatic heterocycles. The molecule has 0 radical (unpaired) electrons. The Morgan fingerprint density at radius 2 is 1.00 bits per heavy atom. The average molecular weight is 436 g/mol. The second kappa shape index (κ2) is 5.72. The molecule has 0 saturated heterocycles. The smallest absolute Gasteiger partial charge is 0.0673 e. The van der Waals surface area contributed by atoms with Gasteiger partial charge in [-0.1, -0.05) is 24.3 Å². The minimum Gasteiger partial charge on any atom is -0.300 e. The summed E-state index contributed by atoms with van der Waals surface area (Å²) in [7, 11) is 0. The molecule has 4 heteroatoms. The summed E-state index contributed by atoms with van der Waals surface area (Å²) in [6.07, 6.45) is 0. The van der Waals surface area contributed by atoms with E-state index >= 15 is 0 Å². The van der Waals surface area contributed by atoms with Crippen LogP contribution in [0.1, 0.15) is 0 Å². The molecule has 0 aliphatic rings. The van der Waals surface area contributed by atoms with E-state index in [2.05, 4.69) is 68.2 Å². The molecule has 2 N–H and O–H groups in total. The summed E-state index contributed by atoms with van der Waals surface area (Å²) in [5, 5.41) is 0. The summed E-state index contributed by atoms with van der Waals surface area (Å²) in [6.45, 7) is 0. The summed E-state index contributed by atoms with van der Waals surface area (Å²) in [5.74, 6) is 0. The number of hydrogen-bond donors (Lipinski definition) is 2. The van der Waals surface area contributed by atoms with Crippen LogP contribution < -0.4 is 10.9 Å². The predicted molar refractivity (Wildman–Crippen MR) is 85.6 cm³/mol. The molecule has 2 aromatic carbocycles. The number of hydrazine groups is 1. The first-order chi connectivity index (χ1) is 7.77. The zero-order valence-electron chi connectivity index (χ0n) is 8.37. The summed E-state index contributed by atoms with van der Waals surface area (Å²) in [6, 6.07) is 16.3. The third-order valence-electron chi connectivity index (χ3n) is 2.08. The lowest BCUT2D eigenvalue weighted by molar-refractivity contribution is 1.39. The van der Waals surface area contributed by atoms with E-state index in [0.29, 0.717) is 0 Å². The number of nitrogens with one attached hydrogen (secondary N) is 2. The van der Waals surface area contributed by atoms with Crippen molar-refractivity contribution in [1.29, 1.82) is 0 Å². The highest BCUT2D eigenvalue weighted by molar-refractivity contribution is 14.1. The van der Waals surface area contributed by atoms with Gasteiger partial charge in [-0.25, -0.2) is 0 Å². The van der Waals surface area contributed by atoms with E-state index < -0.39 is 0 Å².